The number of nitrogens with one attached hydrogen (secondary N) is 1. The number of aromatic nitrogens is 2. The Labute approximate surface area is 172 Å². The number of carbonyl (C=O) groups is 2. The SMILES string of the molecule is NC(=O)c1cc(NC(=O)c2c(C(F)(F)F)cnn2CC2CCC(F)(F)CC2)ccc1F. The monoisotopic (exact) mass is 448 g/mol. The molecule has 3 rings (SSSR count). The minimum Gasteiger partial charge on any atom is -0.366 e. The number of anilines is 1. The average molecular weight is 448 g/mol. The summed E-state index contributed by atoms with van der Waals surface area (Å²) in [5.41, 5.74) is 2.21. The van der Waals surface area contributed by atoms with Crippen LogP contribution in [0.1, 0.15) is 52.1 Å². The van der Waals surface area contributed by atoms with Gasteiger partial charge >= 0.3 is 6.18 Å². The molecule has 1 aliphatic rings. The summed E-state index contributed by atoms with van der Waals surface area (Å²) in [6.45, 7) is -0.148. The second-order valence-corrected chi connectivity index (χ2v) is 7.40. The molecule has 0 bridgehead atoms. The number of rotatable bonds is 5. The van der Waals surface area contributed by atoms with E-state index in [9.17, 15) is 35.9 Å². The highest BCUT2D eigenvalue weighted by Gasteiger charge is 2.40. The summed E-state index contributed by atoms with van der Waals surface area (Å²) >= 11 is 0. The molecule has 6 nitrogen and oxygen atoms in total. The molecule has 0 aliphatic heterocycles. The lowest BCUT2D eigenvalue weighted by Gasteiger charge is -2.28. The van der Waals surface area contributed by atoms with Crippen molar-refractivity contribution in [3.8, 4) is 0 Å². The van der Waals surface area contributed by atoms with E-state index in [0.29, 0.717) is 6.20 Å². The Kier molecular flexibility index (Phi) is 6.01. The van der Waals surface area contributed by atoms with E-state index in [2.05, 4.69) is 10.4 Å². The number of hydrogen-bond acceptors (Lipinski definition) is 3. The van der Waals surface area contributed by atoms with Crippen molar-refractivity contribution in [1.82, 2.24) is 9.78 Å². The molecule has 2 amide bonds. The highest BCUT2D eigenvalue weighted by Crippen LogP contribution is 2.38. The first kappa shape index (κ1) is 22.6. The summed E-state index contributed by atoms with van der Waals surface area (Å²) in [4.78, 5) is 23.9. The molecular formula is C19H18F6N4O2. The molecule has 1 aliphatic carbocycles. The van der Waals surface area contributed by atoms with Crippen molar-refractivity contribution in [2.75, 3.05) is 5.32 Å². The zero-order valence-electron chi connectivity index (χ0n) is 16.0. The molecule has 168 valence electrons. The van der Waals surface area contributed by atoms with Crippen LogP contribution in [0.4, 0.5) is 32.0 Å². The van der Waals surface area contributed by atoms with Crippen molar-refractivity contribution in [1.29, 1.82) is 0 Å². The fourth-order valence-corrected chi connectivity index (χ4v) is 3.48. The molecule has 0 atom stereocenters. The minimum absolute atomic E-state index is 0.0786. The zero-order valence-corrected chi connectivity index (χ0v) is 16.0. The van der Waals surface area contributed by atoms with E-state index in [-0.39, 0.29) is 31.0 Å². The van der Waals surface area contributed by atoms with Crippen molar-refractivity contribution in [3.05, 3.63) is 47.0 Å². The van der Waals surface area contributed by atoms with Crippen LogP contribution in [0.3, 0.4) is 0 Å². The first-order chi connectivity index (χ1) is 14.4. The van der Waals surface area contributed by atoms with Gasteiger partial charge < -0.3 is 11.1 Å². The van der Waals surface area contributed by atoms with E-state index in [0.717, 1.165) is 22.9 Å². The molecule has 3 N–H and O–H groups in total. The van der Waals surface area contributed by atoms with Gasteiger partial charge in [-0.1, -0.05) is 0 Å². The Morgan fingerprint density at radius 2 is 1.87 bits per heavy atom. The van der Waals surface area contributed by atoms with Crippen molar-refractivity contribution in [3.63, 3.8) is 0 Å². The number of benzene rings is 1. The van der Waals surface area contributed by atoms with Gasteiger partial charge in [0, 0.05) is 25.1 Å². The fourth-order valence-electron chi connectivity index (χ4n) is 3.48. The molecule has 1 aromatic heterocycles. The molecule has 0 spiro atoms. The number of amides is 2. The fraction of sp³-hybridized carbons (Fsp3) is 0.421. The van der Waals surface area contributed by atoms with Gasteiger partial charge in [-0.2, -0.15) is 18.3 Å². The highest BCUT2D eigenvalue weighted by atomic mass is 19.4. The number of hydrogen-bond donors (Lipinski definition) is 2. The van der Waals surface area contributed by atoms with Gasteiger partial charge in [-0.25, -0.2) is 13.2 Å². The van der Waals surface area contributed by atoms with Crippen LogP contribution in [0.15, 0.2) is 24.4 Å². The molecule has 1 fully saturated rings. The third-order valence-electron chi connectivity index (χ3n) is 5.12. The lowest BCUT2D eigenvalue weighted by Crippen LogP contribution is -2.29. The Balaban J connectivity index is 1.88. The molecule has 2 aromatic rings. The largest absolute Gasteiger partial charge is 0.420 e. The molecule has 12 heteroatoms. The maximum Gasteiger partial charge on any atom is 0.420 e. The predicted octanol–water partition coefficient (Wildman–Crippen LogP) is 4.22. The number of alkyl halides is 5. The third kappa shape index (κ3) is 5.17. The highest BCUT2D eigenvalue weighted by molar-refractivity contribution is 6.05. The Hall–Kier alpha value is -3.05. The van der Waals surface area contributed by atoms with Crippen molar-refractivity contribution in [2.24, 2.45) is 11.7 Å². The standard InChI is InChI=1S/C19H18F6N4O2/c20-14-2-1-11(7-12(14)16(26)30)28-17(31)15-13(19(23,24)25)8-27-29(15)9-10-3-5-18(21,22)6-4-10/h1-2,7-8,10H,3-6,9H2,(H2,26,30)(H,28,31). The number of halogens is 6. The van der Waals surface area contributed by atoms with Gasteiger partial charge in [0.05, 0.1) is 11.8 Å². The van der Waals surface area contributed by atoms with Crippen molar-refractivity contribution in [2.45, 2.75) is 44.3 Å². The number of carbonyl (C=O) groups excluding carboxylic acids is 2. The van der Waals surface area contributed by atoms with Crippen molar-refractivity contribution < 1.29 is 35.9 Å². The van der Waals surface area contributed by atoms with Crippen LogP contribution >= 0.6 is 0 Å². The number of primary amides is 1. The summed E-state index contributed by atoms with van der Waals surface area (Å²) in [6.07, 6.45) is -5.03. The van der Waals surface area contributed by atoms with E-state index in [1.54, 1.807) is 0 Å². The van der Waals surface area contributed by atoms with Gasteiger partial charge in [0.1, 0.15) is 17.1 Å². The van der Waals surface area contributed by atoms with Gasteiger partial charge in [0.25, 0.3) is 11.8 Å². The lowest BCUT2D eigenvalue weighted by atomic mass is 9.87. The van der Waals surface area contributed by atoms with Crippen LogP contribution in [0.5, 0.6) is 0 Å². The number of nitrogens with two attached hydrogens (primary N) is 1. The maximum atomic E-state index is 13.6. The van der Waals surface area contributed by atoms with Gasteiger partial charge in [-0.3, -0.25) is 14.3 Å². The second kappa shape index (κ2) is 8.23. The molecule has 0 unspecified atom stereocenters. The zero-order chi connectivity index (χ0) is 23.0. The van der Waals surface area contributed by atoms with E-state index in [1.807, 2.05) is 0 Å². The molecule has 0 radical (unpaired) electrons. The van der Waals surface area contributed by atoms with E-state index in [1.165, 1.54) is 0 Å². The van der Waals surface area contributed by atoms with Gasteiger partial charge in [0.2, 0.25) is 5.92 Å². The molecule has 0 saturated heterocycles. The normalized spacial score (nSPS) is 16.8. The van der Waals surface area contributed by atoms with Crippen LogP contribution in [0, 0.1) is 11.7 Å². The second-order valence-electron chi connectivity index (χ2n) is 7.40. The van der Waals surface area contributed by atoms with Gasteiger partial charge in [-0.15, -0.1) is 0 Å². The Morgan fingerprint density at radius 3 is 2.45 bits per heavy atom. The smallest absolute Gasteiger partial charge is 0.366 e. The van der Waals surface area contributed by atoms with E-state index >= 15 is 0 Å². The first-order valence-electron chi connectivity index (χ1n) is 9.29. The van der Waals surface area contributed by atoms with Crippen LogP contribution in [0.2, 0.25) is 0 Å². The molecule has 1 aromatic carbocycles. The Bertz CT molecular complexity index is 992. The summed E-state index contributed by atoms with van der Waals surface area (Å²) in [6, 6.07) is 2.78. The quantitative estimate of drug-likeness (QED) is 0.672. The van der Waals surface area contributed by atoms with E-state index < -0.39 is 59.4 Å². The summed E-state index contributed by atoms with van der Waals surface area (Å²) in [7, 11) is 0. The topological polar surface area (TPSA) is 90.0 Å². The van der Waals surface area contributed by atoms with Crippen LogP contribution in [-0.2, 0) is 12.7 Å². The van der Waals surface area contributed by atoms with Crippen molar-refractivity contribution >= 4 is 17.5 Å². The molecular weight excluding hydrogens is 430 g/mol. The third-order valence-corrected chi connectivity index (χ3v) is 5.12. The van der Waals surface area contributed by atoms with Crippen LogP contribution in [-0.4, -0.2) is 27.5 Å². The summed E-state index contributed by atoms with van der Waals surface area (Å²) in [5, 5.41) is 5.83. The summed E-state index contributed by atoms with van der Waals surface area (Å²) < 4.78 is 81.4. The minimum atomic E-state index is -4.90. The Morgan fingerprint density at radius 1 is 1.23 bits per heavy atom. The van der Waals surface area contributed by atoms with Crippen LogP contribution in [0.25, 0.3) is 0 Å². The molecule has 1 heterocycles. The van der Waals surface area contributed by atoms with Gasteiger partial charge in [-0.05, 0) is 37.0 Å². The predicted molar refractivity (Wildman–Crippen MR) is 97.0 cm³/mol. The van der Waals surface area contributed by atoms with Crippen LogP contribution < -0.4 is 11.1 Å². The maximum absolute atomic E-state index is 13.6. The molecule has 31 heavy (non-hydrogen) atoms. The lowest BCUT2D eigenvalue weighted by molar-refractivity contribution is -0.138. The average Bonchev–Trinajstić information content (AvgIpc) is 3.09. The molecule has 1 saturated carbocycles. The first-order valence-corrected chi connectivity index (χ1v) is 9.29. The summed E-state index contributed by atoms with van der Waals surface area (Å²) in [5.74, 6) is -6.46. The number of nitrogens with zero attached hydrogens (tertiary/aromatic N) is 2. The van der Waals surface area contributed by atoms with E-state index in [4.69, 9.17) is 5.73 Å². The van der Waals surface area contributed by atoms with Gasteiger partial charge in [0.15, 0.2) is 0 Å².